The van der Waals surface area contributed by atoms with E-state index in [9.17, 15) is 32.3 Å². The van der Waals surface area contributed by atoms with Gasteiger partial charge in [-0.2, -0.15) is 13.2 Å². The summed E-state index contributed by atoms with van der Waals surface area (Å²) in [5, 5.41) is 3.30. The highest BCUT2D eigenvalue weighted by Gasteiger charge is 2.69. The molecule has 3 amide bonds. The van der Waals surface area contributed by atoms with Crippen molar-refractivity contribution in [1.82, 2.24) is 9.88 Å². The Balaban J connectivity index is 1.11. The van der Waals surface area contributed by atoms with Crippen molar-refractivity contribution in [2.24, 2.45) is 29.6 Å². The summed E-state index contributed by atoms with van der Waals surface area (Å²) in [5.74, 6) is -1.62. The van der Waals surface area contributed by atoms with Crippen molar-refractivity contribution in [3.8, 4) is 5.75 Å². The molecule has 2 aliphatic heterocycles. The maximum Gasteiger partial charge on any atom is 0.416 e. The van der Waals surface area contributed by atoms with Crippen LogP contribution in [-0.2, 0) is 20.6 Å². The largest absolute Gasteiger partial charge is 0.497 e. The monoisotopic (exact) mass is 629 g/mol. The van der Waals surface area contributed by atoms with Gasteiger partial charge >= 0.3 is 11.0 Å². The molecule has 3 aromatic rings. The number of nitrogens with zero attached hydrogens (tertiary/aromatic N) is 1. The SMILES string of the molecule is COc1ccc(C2c3sc(=O)[nH]c3SC3C4CC(C5C(=O)N(CCC(=O)Nc6cccc(C(F)(F)F)c6)C(=O)C45)C23)cc1. The predicted molar refractivity (Wildman–Crippen MR) is 153 cm³/mol. The van der Waals surface area contributed by atoms with Crippen LogP contribution in [0.1, 0.15) is 34.8 Å². The lowest BCUT2D eigenvalue weighted by Gasteiger charge is -2.43. The van der Waals surface area contributed by atoms with Crippen LogP contribution in [0.4, 0.5) is 18.9 Å². The number of ether oxygens (including phenoxy) is 1. The van der Waals surface area contributed by atoms with E-state index in [1.165, 1.54) is 28.4 Å². The van der Waals surface area contributed by atoms with Gasteiger partial charge in [0, 0.05) is 34.7 Å². The molecule has 1 aromatic heterocycles. The van der Waals surface area contributed by atoms with E-state index in [0.29, 0.717) is 5.75 Å². The number of amides is 3. The zero-order valence-corrected chi connectivity index (χ0v) is 24.4. The summed E-state index contributed by atoms with van der Waals surface area (Å²) in [6.45, 7) is -0.139. The van der Waals surface area contributed by atoms with Gasteiger partial charge in [0.2, 0.25) is 17.7 Å². The first kappa shape index (κ1) is 28.2. The van der Waals surface area contributed by atoms with Crippen molar-refractivity contribution in [3.63, 3.8) is 0 Å². The summed E-state index contributed by atoms with van der Waals surface area (Å²) in [7, 11) is 1.60. The number of fused-ring (bicyclic) bond motifs is 9. The molecular weight excluding hydrogens is 603 g/mol. The van der Waals surface area contributed by atoms with E-state index in [1.54, 1.807) is 18.9 Å². The number of rotatable bonds is 6. The number of carbonyl (C=O) groups excluding carboxylic acids is 3. The second-order valence-electron chi connectivity index (χ2n) is 11.4. The molecule has 7 rings (SSSR count). The normalized spacial score (nSPS) is 28.9. The highest BCUT2D eigenvalue weighted by Crippen LogP contribution is 2.68. The van der Waals surface area contributed by atoms with Gasteiger partial charge in [-0.05, 0) is 60.1 Å². The first-order chi connectivity index (χ1) is 20.5. The fourth-order valence-corrected chi connectivity index (χ4v) is 10.6. The smallest absolute Gasteiger partial charge is 0.416 e. The average molecular weight is 630 g/mol. The summed E-state index contributed by atoms with van der Waals surface area (Å²) in [4.78, 5) is 57.4. The van der Waals surface area contributed by atoms with Crippen LogP contribution in [-0.4, -0.2) is 46.5 Å². The van der Waals surface area contributed by atoms with Gasteiger partial charge in [0.25, 0.3) is 0 Å². The summed E-state index contributed by atoms with van der Waals surface area (Å²) in [6, 6.07) is 12.1. The molecule has 4 aliphatic rings. The second kappa shape index (κ2) is 10.3. The zero-order valence-electron chi connectivity index (χ0n) is 22.7. The van der Waals surface area contributed by atoms with E-state index in [2.05, 4.69) is 10.3 Å². The Bertz CT molecular complexity index is 1690. The number of benzene rings is 2. The molecule has 1 saturated heterocycles. The maximum atomic E-state index is 13.7. The lowest BCUT2D eigenvalue weighted by Crippen LogP contribution is -2.42. The third-order valence-corrected chi connectivity index (χ3v) is 11.9. The zero-order chi connectivity index (χ0) is 30.2. The Labute approximate surface area is 252 Å². The molecule has 8 nitrogen and oxygen atoms in total. The summed E-state index contributed by atoms with van der Waals surface area (Å²) >= 11 is 2.79. The number of likely N-dealkylation sites (tertiary alicyclic amines) is 1. The molecule has 2 saturated carbocycles. The Morgan fingerprint density at radius 1 is 1.07 bits per heavy atom. The third-order valence-electron chi connectivity index (χ3n) is 9.33. The fraction of sp³-hybridized carbons (Fsp3) is 0.400. The van der Waals surface area contributed by atoms with Crippen molar-refractivity contribution in [2.45, 2.75) is 35.2 Å². The van der Waals surface area contributed by atoms with Crippen LogP contribution in [0.2, 0.25) is 0 Å². The molecular formula is C30H26F3N3O5S2. The molecule has 2 aliphatic carbocycles. The number of methoxy groups -OCH3 is 1. The Morgan fingerprint density at radius 2 is 1.79 bits per heavy atom. The van der Waals surface area contributed by atoms with E-state index < -0.39 is 29.5 Å². The minimum absolute atomic E-state index is 0.00926. The lowest BCUT2D eigenvalue weighted by atomic mass is 9.68. The van der Waals surface area contributed by atoms with Gasteiger partial charge in [0.1, 0.15) is 5.75 Å². The maximum absolute atomic E-state index is 13.7. The molecule has 3 heterocycles. The van der Waals surface area contributed by atoms with Crippen molar-refractivity contribution in [2.75, 3.05) is 19.0 Å². The van der Waals surface area contributed by atoms with Crippen LogP contribution in [0.5, 0.6) is 5.75 Å². The highest BCUT2D eigenvalue weighted by molar-refractivity contribution is 8.00. The lowest BCUT2D eigenvalue weighted by molar-refractivity contribution is -0.141. The van der Waals surface area contributed by atoms with Gasteiger partial charge in [-0.15, -0.1) is 11.8 Å². The number of anilines is 1. The van der Waals surface area contributed by atoms with Gasteiger partial charge in [0.05, 0.1) is 29.5 Å². The Kier molecular flexibility index (Phi) is 6.73. The minimum atomic E-state index is -4.55. The third kappa shape index (κ3) is 4.59. The molecule has 2 bridgehead atoms. The van der Waals surface area contributed by atoms with E-state index in [1.807, 2.05) is 24.3 Å². The first-order valence-electron chi connectivity index (χ1n) is 13.9. The molecule has 2 N–H and O–H groups in total. The van der Waals surface area contributed by atoms with Crippen molar-refractivity contribution in [1.29, 1.82) is 0 Å². The van der Waals surface area contributed by atoms with Crippen molar-refractivity contribution in [3.05, 3.63) is 74.2 Å². The Morgan fingerprint density at radius 3 is 2.49 bits per heavy atom. The number of H-pyrrole nitrogens is 1. The predicted octanol–water partition coefficient (Wildman–Crippen LogP) is 4.97. The van der Waals surface area contributed by atoms with Crippen LogP contribution in [0.15, 0.2) is 58.4 Å². The van der Waals surface area contributed by atoms with Crippen LogP contribution in [0.25, 0.3) is 0 Å². The van der Waals surface area contributed by atoms with Crippen LogP contribution in [0, 0.1) is 29.6 Å². The number of hydrogen-bond acceptors (Lipinski definition) is 7. The number of nitrogens with one attached hydrogen (secondary N) is 2. The van der Waals surface area contributed by atoms with E-state index in [-0.39, 0.29) is 64.3 Å². The standard InChI is InChI=1S/C30H26F3N3O5S2/c1-41-16-7-5-13(6-8-16)20-21-17-12-18(24(21)42-26-25(20)43-29(40)35-26)23-22(17)27(38)36(28(23)39)10-9-19(37)34-15-4-2-3-14(11-15)30(31,32)33/h2-8,11,17-18,20-24H,9-10,12H2,1H3,(H,34,37)(H,35,40). The number of carbonyl (C=O) groups is 3. The second-order valence-corrected chi connectivity index (χ2v) is 13.6. The van der Waals surface area contributed by atoms with Gasteiger partial charge in [-0.25, -0.2) is 0 Å². The number of halogens is 3. The molecule has 43 heavy (non-hydrogen) atoms. The van der Waals surface area contributed by atoms with Crippen LogP contribution >= 0.6 is 23.1 Å². The highest BCUT2D eigenvalue weighted by atomic mass is 32.2. The van der Waals surface area contributed by atoms with Crippen molar-refractivity contribution < 1.29 is 32.3 Å². The quantitative estimate of drug-likeness (QED) is 0.373. The number of imide groups is 1. The summed E-state index contributed by atoms with van der Waals surface area (Å²) in [5.41, 5.74) is 0.130. The van der Waals surface area contributed by atoms with E-state index in [0.717, 1.165) is 34.0 Å². The number of thiazole rings is 1. The van der Waals surface area contributed by atoms with E-state index >= 15 is 0 Å². The molecule has 3 fully saturated rings. The number of hydrogen-bond donors (Lipinski definition) is 2. The minimum Gasteiger partial charge on any atom is -0.497 e. The summed E-state index contributed by atoms with van der Waals surface area (Å²) < 4.78 is 44.5. The first-order valence-corrected chi connectivity index (χ1v) is 15.6. The van der Waals surface area contributed by atoms with Crippen LogP contribution in [0.3, 0.4) is 0 Å². The molecule has 0 radical (unpaired) electrons. The molecule has 7 atom stereocenters. The van der Waals surface area contributed by atoms with Gasteiger partial charge in [-0.1, -0.05) is 29.5 Å². The number of thioether (sulfide) groups is 1. The van der Waals surface area contributed by atoms with E-state index in [4.69, 9.17) is 4.74 Å². The van der Waals surface area contributed by atoms with Gasteiger partial charge < -0.3 is 15.0 Å². The fourth-order valence-electron chi connectivity index (χ4n) is 7.69. The van der Waals surface area contributed by atoms with Gasteiger partial charge in [0.15, 0.2) is 0 Å². The molecule has 2 aromatic carbocycles. The topological polar surface area (TPSA) is 109 Å². The Hall–Kier alpha value is -3.58. The number of alkyl halides is 3. The van der Waals surface area contributed by atoms with Crippen LogP contribution < -0.4 is 14.9 Å². The molecule has 0 spiro atoms. The molecule has 13 heteroatoms. The van der Waals surface area contributed by atoms with Gasteiger partial charge in [-0.3, -0.25) is 24.1 Å². The average Bonchev–Trinajstić information content (AvgIpc) is 3.71. The number of aromatic amines is 1. The van der Waals surface area contributed by atoms with Crippen molar-refractivity contribution >= 4 is 46.5 Å². The summed E-state index contributed by atoms with van der Waals surface area (Å²) in [6.07, 6.45) is -4.03. The number of aromatic nitrogens is 1. The molecule has 7 unspecified atom stereocenters. The molecule has 224 valence electrons.